The summed E-state index contributed by atoms with van der Waals surface area (Å²) in [6.07, 6.45) is 14.5. The molecule has 0 aromatic carbocycles. The normalized spacial score (nSPS) is 10.5. The molecule has 0 aromatic heterocycles. The summed E-state index contributed by atoms with van der Waals surface area (Å²) in [4.78, 5) is 0. The molecule has 0 rings (SSSR count). The summed E-state index contributed by atoms with van der Waals surface area (Å²) in [6, 6.07) is 0. The van der Waals surface area contributed by atoms with Gasteiger partial charge >= 0.3 is 32.2 Å². The average Bonchev–Trinajstić information content (AvgIpc) is 2.26. The van der Waals surface area contributed by atoms with Crippen LogP contribution in [0.4, 0.5) is 0 Å². The lowest BCUT2D eigenvalue weighted by Gasteiger charge is -2.01. The fourth-order valence-electron chi connectivity index (χ4n) is 1.91. The molecular weight excluding hydrogens is 214 g/mol. The number of hydrogen-bond acceptors (Lipinski definition) is 1. The molecule has 1 nitrogen and oxygen atoms in total. The summed E-state index contributed by atoms with van der Waals surface area (Å²) in [6.45, 7) is 2.28. The van der Waals surface area contributed by atoms with Gasteiger partial charge < -0.3 is 2.84 Å². The first-order valence-corrected chi connectivity index (χ1v) is 9.30. The molecule has 0 aliphatic rings. The van der Waals surface area contributed by atoms with Gasteiger partial charge in [-0.25, -0.2) is 0 Å². The average molecular weight is 242 g/mol. The third kappa shape index (κ3) is 15.0. The first-order chi connectivity index (χ1) is 7.41. The van der Waals surface area contributed by atoms with Crippen molar-refractivity contribution in [2.24, 2.45) is 0 Å². The minimum atomic E-state index is -0.0701. The van der Waals surface area contributed by atoms with Crippen molar-refractivity contribution in [2.45, 2.75) is 76.4 Å². The van der Waals surface area contributed by atoms with E-state index < -0.39 is 0 Å². The van der Waals surface area contributed by atoms with E-state index in [2.05, 4.69) is 6.92 Å². The SMILES string of the molecule is CCCCCCCCCCC[CH2][AlH][O][AlH2]. The van der Waals surface area contributed by atoms with Crippen LogP contribution in [0.1, 0.15) is 71.1 Å². The second-order valence-corrected chi connectivity index (χ2v) is 7.95. The van der Waals surface area contributed by atoms with Gasteiger partial charge in [0, 0.05) is 0 Å². The lowest BCUT2D eigenvalue weighted by molar-refractivity contribution is 0.559. The standard InChI is InChI=1S/C12H25.2Al.O.3H/c1-3-5-7-9-11-12-10-8-6-4-2;;;;;;/h1,3-12H2,2H3;;;;;;. The van der Waals surface area contributed by atoms with Gasteiger partial charge in [0.25, 0.3) is 0 Å². The monoisotopic (exact) mass is 242 g/mol. The lowest BCUT2D eigenvalue weighted by Crippen LogP contribution is -1.93. The second kappa shape index (κ2) is 15.0. The maximum absolute atomic E-state index is 5.30. The Hall–Kier alpha value is 1.02. The smallest absolute Gasteiger partial charge is 0.404 e. The van der Waals surface area contributed by atoms with Gasteiger partial charge in [-0.2, -0.15) is 0 Å². The van der Waals surface area contributed by atoms with E-state index in [4.69, 9.17) is 2.84 Å². The summed E-state index contributed by atoms with van der Waals surface area (Å²) in [5, 5.41) is 1.42. The van der Waals surface area contributed by atoms with Crippen molar-refractivity contribution in [2.75, 3.05) is 0 Å². The molecule has 0 fully saturated rings. The predicted molar refractivity (Wildman–Crippen MR) is 73.4 cm³/mol. The van der Waals surface area contributed by atoms with E-state index in [-0.39, 0.29) is 15.6 Å². The van der Waals surface area contributed by atoms with Crippen LogP contribution >= 0.6 is 0 Å². The Morgan fingerprint density at radius 2 is 1.27 bits per heavy atom. The van der Waals surface area contributed by atoms with Crippen molar-refractivity contribution in [3.63, 3.8) is 0 Å². The first-order valence-electron chi connectivity index (χ1n) is 6.90. The Labute approximate surface area is 111 Å². The Bertz CT molecular complexity index is 97.8. The fraction of sp³-hybridized carbons (Fsp3) is 1.00. The molecule has 0 radical (unpaired) electrons. The molecule has 3 heteroatoms. The van der Waals surface area contributed by atoms with Crippen LogP contribution in [0.2, 0.25) is 5.28 Å². The molecule has 0 atom stereocenters. The van der Waals surface area contributed by atoms with Crippen molar-refractivity contribution in [3.8, 4) is 0 Å². The third-order valence-electron chi connectivity index (χ3n) is 2.95. The minimum absolute atomic E-state index is 0.0701. The van der Waals surface area contributed by atoms with Gasteiger partial charge in [0.2, 0.25) is 0 Å². The largest absolute Gasteiger partial charge is 0.644 e. The van der Waals surface area contributed by atoms with E-state index in [1.54, 1.807) is 0 Å². The number of unbranched alkanes of at least 4 members (excludes halogenated alkanes) is 9. The molecule has 15 heavy (non-hydrogen) atoms. The molecule has 0 saturated carbocycles. The highest BCUT2D eigenvalue weighted by atomic mass is 27.2. The van der Waals surface area contributed by atoms with E-state index in [0.717, 1.165) is 16.6 Å². The zero-order valence-electron chi connectivity index (χ0n) is 10.9. The van der Waals surface area contributed by atoms with Gasteiger partial charge in [0.05, 0.1) is 0 Å². The zero-order chi connectivity index (χ0) is 11.2. The van der Waals surface area contributed by atoms with Crippen LogP contribution in [0.25, 0.3) is 0 Å². The van der Waals surface area contributed by atoms with Crippen LogP contribution in [0.3, 0.4) is 0 Å². The van der Waals surface area contributed by atoms with Crippen molar-refractivity contribution in [1.82, 2.24) is 0 Å². The summed E-state index contributed by atoms with van der Waals surface area (Å²) in [7, 11) is 0. The molecule has 0 bridgehead atoms. The van der Waals surface area contributed by atoms with E-state index in [0.29, 0.717) is 0 Å². The Kier molecular flexibility index (Phi) is 16.1. The molecule has 0 spiro atoms. The Morgan fingerprint density at radius 1 is 0.800 bits per heavy atom. The molecule has 0 saturated heterocycles. The molecule has 88 valence electrons. The van der Waals surface area contributed by atoms with E-state index >= 15 is 0 Å². The maximum Gasteiger partial charge on any atom is 0.404 e. The van der Waals surface area contributed by atoms with Crippen LogP contribution < -0.4 is 0 Å². The molecule has 0 N–H and O–H groups in total. The van der Waals surface area contributed by atoms with Gasteiger partial charge in [-0.1, -0.05) is 76.4 Å². The van der Waals surface area contributed by atoms with Gasteiger partial charge in [-0.05, 0) is 0 Å². The Morgan fingerprint density at radius 3 is 1.73 bits per heavy atom. The summed E-state index contributed by atoms with van der Waals surface area (Å²) in [5.41, 5.74) is 0. The van der Waals surface area contributed by atoms with E-state index in [1.165, 1.54) is 69.5 Å². The highest BCUT2D eigenvalue weighted by Gasteiger charge is 1.94. The van der Waals surface area contributed by atoms with Crippen molar-refractivity contribution in [3.05, 3.63) is 0 Å². The maximum atomic E-state index is 5.30. The van der Waals surface area contributed by atoms with Gasteiger partial charge in [0.1, 0.15) is 0 Å². The molecule has 0 aliphatic heterocycles. The summed E-state index contributed by atoms with van der Waals surface area (Å²) < 4.78 is 5.30. The quantitative estimate of drug-likeness (QED) is 0.377. The van der Waals surface area contributed by atoms with Gasteiger partial charge in [0.15, 0.2) is 0 Å². The van der Waals surface area contributed by atoms with Crippen LogP contribution in [0.5, 0.6) is 0 Å². The van der Waals surface area contributed by atoms with Crippen molar-refractivity contribution >= 4 is 32.2 Å². The predicted octanol–water partition coefficient (Wildman–Crippen LogP) is 3.24. The van der Waals surface area contributed by atoms with Crippen LogP contribution in [0.15, 0.2) is 0 Å². The van der Waals surface area contributed by atoms with Crippen molar-refractivity contribution < 1.29 is 2.84 Å². The molecular formula is C12H28Al2O. The number of rotatable bonds is 12. The molecule has 0 aromatic rings. The molecule has 0 aliphatic carbocycles. The number of hydrogen-bond donors (Lipinski definition) is 0. The summed E-state index contributed by atoms with van der Waals surface area (Å²) >= 11 is 0.902. The molecule has 0 heterocycles. The van der Waals surface area contributed by atoms with Crippen LogP contribution in [-0.2, 0) is 2.84 Å². The third-order valence-corrected chi connectivity index (χ3v) is 5.37. The topological polar surface area (TPSA) is 9.23 Å². The van der Waals surface area contributed by atoms with Crippen LogP contribution in [0, 0.1) is 0 Å². The Balaban J connectivity index is 2.81. The first kappa shape index (κ1) is 16.0. The fourth-order valence-corrected chi connectivity index (χ4v) is 3.62. The van der Waals surface area contributed by atoms with E-state index in [9.17, 15) is 0 Å². The van der Waals surface area contributed by atoms with E-state index in [1.807, 2.05) is 0 Å². The highest BCUT2D eigenvalue weighted by Crippen LogP contribution is 2.11. The van der Waals surface area contributed by atoms with Crippen molar-refractivity contribution in [1.29, 1.82) is 0 Å². The highest BCUT2D eigenvalue weighted by molar-refractivity contribution is 6.34. The van der Waals surface area contributed by atoms with Gasteiger partial charge in [-0.3, -0.25) is 0 Å². The minimum Gasteiger partial charge on any atom is -0.644 e. The lowest BCUT2D eigenvalue weighted by atomic mass is 10.1. The summed E-state index contributed by atoms with van der Waals surface area (Å²) in [5.74, 6) is 0. The second-order valence-electron chi connectivity index (χ2n) is 4.53. The molecule has 0 amide bonds. The van der Waals surface area contributed by atoms with Crippen LogP contribution in [-0.4, -0.2) is 32.2 Å². The zero-order valence-corrected chi connectivity index (χ0v) is 14.3. The molecule has 0 unspecified atom stereocenters. The van der Waals surface area contributed by atoms with Gasteiger partial charge in [-0.15, -0.1) is 0 Å².